The predicted molar refractivity (Wildman–Crippen MR) is 88.6 cm³/mol. The monoisotopic (exact) mass is 381 g/mol. The van der Waals surface area contributed by atoms with E-state index in [1.165, 1.54) is 30.1 Å². The highest BCUT2D eigenvalue weighted by Gasteiger charge is 2.30. The van der Waals surface area contributed by atoms with Crippen LogP contribution in [0.4, 0.5) is 5.00 Å². The van der Waals surface area contributed by atoms with E-state index in [4.69, 9.17) is 4.74 Å². The molecule has 0 aliphatic carbocycles. The fraction of sp³-hybridized carbons (Fsp3) is 0.400. The summed E-state index contributed by atoms with van der Waals surface area (Å²) in [5.74, 6) is -1.03. The predicted octanol–water partition coefficient (Wildman–Crippen LogP) is -0.353. The Hall–Kier alpha value is -2.95. The summed E-state index contributed by atoms with van der Waals surface area (Å²) in [6.07, 6.45) is 1.61. The van der Waals surface area contributed by atoms with Crippen LogP contribution in [0.3, 0.4) is 0 Å². The van der Waals surface area contributed by atoms with Crippen molar-refractivity contribution in [2.75, 3.05) is 19.0 Å². The molecule has 10 nitrogen and oxygen atoms in total. The average molecular weight is 381 g/mol. The molecule has 0 unspecified atom stereocenters. The summed E-state index contributed by atoms with van der Waals surface area (Å²) in [6.45, 7) is 2.20. The summed E-state index contributed by atoms with van der Waals surface area (Å²) in [5.41, 5.74) is 0.498. The van der Waals surface area contributed by atoms with E-state index in [9.17, 15) is 19.2 Å². The third-order valence-corrected chi connectivity index (χ3v) is 5.12. The second-order valence-corrected chi connectivity index (χ2v) is 6.81. The standard InChI is InChI=1S/C15H16N4O6S/c1-8(20)18-4-3-9-10(5-18)26-14(13(9)15(23)24-2)16-11(21)6-19-7-12(22)25-17-19/h7H,3-6H2,1-2H3,(H-,16,17,21,22,23)/p+1. The van der Waals surface area contributed by atoms with Crippen LogP contribution in [0.2, 0.25) is 0 Å². The highest BCUT2D eigenvalue weighted by Crippen LogP contribution is 2.37. The normalized spacial score (nSPS) is 13.2. The van der Waals surface area contributed by atoms with Gasteiger partial charge in [-0.25, -0.2) is 9.59 Å². The molecule has 2 aromatic heterocycles. The molecule has 0 atom stereocenters. The third kappa shape index (κ3) is 3.52. The number of H-pyrrole nitrogens is 1. The Bertz CT molecular complexity index is 927. The molecule has 0 spiro atoms. The van der Waals surface area contributed by atoms with E-state index in [-0.39, 0.29) is 12.5 Å². The van der Waals surface area contributed by atoms with Crippen molar-refractivity contribution in [2.45, 2.75) is 26.4 Å². The Morgan fingerprint density at radius 2 is 2.23 bits per heavy atom. The number of esters is 1. The maximum atomic E-state index is 12.2. The summed E-state index contributed by atoms with van der Waals surface area (Å²) >= 11 is 1.24. The number of anilines is 1. The van der Waals surface area contributed by atoms with Crippen LogP contribution in [0.15, 0.2) is 15.5 Å². The van der Waals surface area contributed by atoms with Crippen molar-refractivity contribution in [2.24, 2.45) is 0 Å². The minimum absolute atomic E-state index is 0.0467. The van der Waals surface area contributed by atoms with Gasteiger partial charge in [-0.2, -0.15) is 0 Å². The zero-order valence-corrected chi connectivity index (χ0v) is 15.0. The Morgan fingerprint density at radius 3 is 2.85 bits per heavy atom. The largest absolute Gasteiger partial charge is 0.465 e. The molecule has 1 aliphatic rings. The van der Waals surface area contributed by atoms with Gasteiger partial charge in [0.25, 0.3) is 18.6 Å². The van der Waals surface area contributed by atoms with Crippen molar-refractivity contribution < 1.29 is 28.3 Å². The van der Waals surface area contributed by atoms with Gasteiger partial charge in [0.15, 0.2) is 0 Å². The fourth-order valence-electron chi connectivity index (χ4n) is 2.76. The van der Waals surface area contributed by atoms with Crippen molar-refractivity contribution in [3.8, 4) is 0 Å². The van der Waals surface area contributed by atoms with Crippen LogP contribution < -0.4 is 15.6 Å². The molecule has 0 bridgehead atoms. The van der Waals surface area contributed by atoms with Crippen LogP contribution in [-0.4, -0.2) is 41.6 Å². The number of thiophene rings is 1. The number of methoxy groups -OCH3 is 1. The van der Waals surface area contributed by atoms with Crippen LogP contribution in [0.5, 0.6) is 0 Å². The summed E-state index contributed by atoms with van der Waals surface area (Å²) < 4.78 is 10.5. The number of carbonyl (C=O) groups is 3. The molecule has 0 aromatic carbocycles. The highest BCUT2D eigenvalue weighted by molar-refractivity contribution is 7.17. The first-order valence-electron chi connectivity index (χ1n) is 7.75. The molecule has 1 aliphatic heterocycles. The number of ether oxygens (including phenoxy) is 1. The Morgan fingerprint density at radius 1 is 1.46 bits per heavy atom. The third-order valence-electron chi connectivity index (χ3n) is 3.98. The van der Waals surface area contributed by atoms with Crippen LogP contribution in [0.25, 0.3) is 0 Å². The minimum atomic E-state index is -0.607. The van der Waals surface area contributed by atoms with Gasteiger partial charge < -0.3 is 15.0 Å². The molecule has 11 heteroatoms. The number of aromatic amines is 1. The van der Waals surface area contributed by atoms with E-state index in [1.54, 1.807) is 4.90 Å². The van der Waals surface area contributed by atoms with E-state index in [1.807, 2.05) is 0 Å². The van der Waals surface area contributed by atoms with Crippen LogP contribution in [0.1, 0.15) is 27.7 Å². The summed E-state index contributed by atoms with van der Waals surface area (Å²) in [5, 5.41) is 5.31. The van der Waals surface area contributed by atoms with Gasteiger partial charge in [0.2, 0.25) is 5.91 Å². The van der Waals surface area contributed by atoms with Gasteiger partial charge in [0.05, 0.1) is 19.2 Å². The average Bonchev–Trinajstić information content (AvgIpc) is 3.16. The van der Waals surface area contributed by atoms with Gasteiger partial charge in [0.1, 0.15) is 5.00 Å². The molecule has 0 saturated carbocycles. The topological polar surface area (TPSA) is 126 Å². The molecule has 0 fully saturated rings. The molecule has 138 valence electrons. The highest BCUT2D eigenvalue weighted by atomic mass is 32.1. The van der Waals surface area contributed by atoms with E-state index >= 15 is 0 Å². The van der Waals surface area contributed by atoms with Crippen molar-refractivity contribution in [1.29, 1.82) is 0 Å². The summed E-state index contributed by atoms with van der Waals surface area (Å²) in [6, 6.07) is 0. The molecule has 26 heavy (non-hydrogen) atoms. The Kier molecular flexibility index (Phi) is 4.89. The van der Waals surface area contributed by atoms with Gasteiger partial charge in [-0.1, -0.05) is 4.68 Å². The van der Waals surface area contributed by atoms with Crippen molar-refractivity contribution in [3.05, 3.63) is 32.6 Å². The lowest BCUT2D eigenvalue weighted by atomic mass is 10.0. The second-order valence-electron chi connectivity index (χ2n) is 5.71. The maximum Gasteiger partial charge on any atom is 0.426 e. The molecule has 0 saturated heterocycles. The molecular formula is C15H17N4O6S+. The molecule has 3 heterocycles. The number of rotatable bonds is 4. The lowest BCUT2D eigenvalue weighted by molar-refractivity contribution is -0.750. The van der Waals surface area contributed by atoms with E-state index in [0.717, 1.165) is 16.6 Å². The Balaban J connectivity index is 1.86. The summed E-state index contributed by atoms with van der Waals surface area (Å²) in [4.78, 5) is 49.6. The smallest absolute Gasteiger partial charge is 0.426 e. The number of fused-ring (bicyclic) bond motifs is 1. The molecule has 2 N–H and O–H groups in total. The molecule has 2 amide bonds. The fourth-order valence-corrected chi connectivity index (χ4v) is 4.03. The lowest BCUT2D eigenvalue weighted by Gasteiger charge is -2.25. The van der Waals surface area contributed by atoms with Gasteiger partial charge in [-0.3, -0.25) is 14.1 Å². The zero-order valence-electron chi connectivity index (χ0n) is 14.2. The number of amides is 2. The summed E-state index contributed by atoms with van der Waals surface area (Å²) in [7, 11) is 1.27. The van der Waals surface area contributed by atoms with Gasteiger partial charge in [-0.05, 0) is 17.3 Å². The van der Waals surface area contributed by atoms with E-state index in [2.05, 4.69) is 15.1 Å². The number of carbonyl (C=O) groups excluding carboxylic acids is 3. The molecular weight excluding hydrogens is 364 g/mol. The minimum Gasteiger partial charge on any atom is -0.465 e. The number of hydrogen-bond donors (Lipinski definition) is 2. The first-order chi connectivity index (χ1) is 12.4. The first-order valence-corrected chi connectivity index (χ1v) is 8.57. The van der Waals surface area contributed by atoms with Gasteiger partial charge >= 0.3 is 11.6 Å². The van der Waals surface area contributed by atoms with Crippen LogP contribution in [0, 0.1) is 0 Å². The SMILES string of the molecule is COC(=O)c1c(NC(=O)C[n+]2cc(=O)o[nH]2)sc2c1CCN(C(C)=O)C2. The van der Waals surface area contributed by atoms with Crippen LogP contribution in [-0.2, 0) is 33.8 Å². The molecule has 2 aromatic rings. The Labute approximate surface area is 151 Å². The van der Waals surface area contributed by atoms with Crippen molar-refractivity contribution >= 4 is 34.1 Å². The number of hydrogen-bond acceptors (Lipinski definition) is 7. The van der Waals surface area contributed by atoms with Crippen molar-refractivity contribution in [3.63, 3.8) is 0 Å². The van der Waals surface area contributed by atoms with Crippen molar-refractivity contribution in [1.82, 2.24) is 10.2 Å². The number of aromatic nitrogens is 2. The van der Waals surface area contributed by atoms with Crippen LogP contribution >= 0.6 is 11.3 Å². The maximum absolute atomic E-state index is 12.2. The quantitative estimate of drug-likeness (QED) is 0.551. The zero-order chi connectivity index (χ0) is 18.8. The van der Waals surface area contributed by atoms with E-state index in [0.29, 0.717) is 30.1 Å². The number of nitrogens with one attached hydrogen (secondary N) is 2. The van der Waals surface area contributed by atoms with E-state index < -0.39 is 17.5 Å². The van der Waals surface area contributed by atoms with Gasteiger partial charge in [0, 0.05) is 18.3 Å². The first kappa shape index (κ1) is 17.9. The second kappa shape index (κ2) is 7.12. The lowest BCUT2D eigenvalue weighted by Crippen LogP contribution is -2.41. The molecule has 0 radical (unpaired) electrons. The van der Waals surface area contributed by atoms with Gasteiger partial charge in [-0.15, -0.1) is 11.3 Å². The molecule has 3 rings (SSSR count). The number of nitrogens with zero attached hydrogens (tertiary/aromatic N) is 2.